The van der Waals surface area contributed by atoms with Crippen LogP contribution in [0.1, 0.15) is 26.2 Å². The molecule has 3 N–H and O–H groups in total. The Morgan fingerprint density at radius 2 is 2.11 bits per heavy atom. The molecule has 0 saturated carbocycles. The van der Waals surface area contributed by atoms with Gasteiger partial charge in [0, 0.05) is 19.1 Å². The maximum Gasteiger partial charge on any atom is 0.238 e. The first-order valence-electron chi connectivity index (χ1n) is 7.00. The van der Waals surface area contributed by atoms with Crippen LogP contribution >= 0.6 is 0 Å². The van der Waals surface area contributed by atoms with E-state index in [9.17, 15) is 4.79 Å². The Hall–Kier alpha value is -0.650. The lowest BCUT2D eigenvalue weighted by molar-refractivity contribution is -0.124. The summed E-state index contributed by atoms with van der Waals surface area (Å²) in [5, 5.41) is 3.08. The van der Waals surface area contributed by atoms with Crippen molar-refractivity contribution >= 4 is 5.91 Å². The second kappa shape index (κ2) is 5.55. The van der Waals surface area contributed by atoms with E-state index in [4.69, 9.17) is 5.73 Å². The zero-order valence-electron chi connectivity index (χ0n) is 11.6. The summed E-state index contributed by atoms with van der Waals surface area (Å²) in [7, 11) is 1.81. The molecule has 0 aliphatic carbocycles. The van der Waals surface area contributed by atoms with Gasteiger partial charge in [0.15, 0.2) is 0 Å². The van der Waals surface area contributed by atoms with E-state index >= 15 is 0 Å². The average Bonchev–Trinajstić information content (AvgIpc) is 2.68. The highest BCUT2D eigenvalue weighted by molar-refractivity contribution is 5.84. The number of hydrogen-bond acceptors (Lipinski definition) is 4. The lowest BCUT2D eigenvalue weighted by Gasteiger charge is -2.33. The Kier molecular flexibility index (Phi) is 4.25. The summed E-state index contributed by atoms with van der Waals surface area (Å²) >= 11 is 0. The van der Waals surface area contributed by atoms with Crippen LogP contribution < -0.4 is 11.1 Å². The molecule has 2 fully saturated rings. The lowest BCUT2D eigenvalue weighted by Crippen LogP contribution is -2.59. The number of fused-ring (bicyclic) bond motifs is 1. The molecule has 104 valence electrons. The molecular weight excluding hydrogens is 228 g/mol. The molecule has 0 aromatic heterocycles. The molecule has 18 heavy (non-hydrogen) atoms. The Bertz CT molecular complexity index is 309. The molecule has 0 aromatic carbocycles. The van der Waals surface area contributed by atoms with Crippen LogP contribution in [0.3, 0.4) is 0 Å². The number of carbonyl (C=O) groups is 1. The van der Waals surface area contributed by atoms with E-state index < -0.39 is 5.54 Å². The number of rotatable bonds is 4. The summed E-state index contributed by atoms with van der Waals surface area (Å²) < 4.78 is 0. The average molecular weight is 254 g/mol. The van der Waals surface area contributed by atoms with Crippen molar-refractivity contribution in [1.29, 1.82) is 0 Å². The van der Waals surface area contributed by atoms with Crippen molar-refractivity contribution < 1.29 is 4.79 Å². The van der Waals surface area contributed by atoms with Crippen LogP contribution in [0.15, 0.2) is 0 Å². The molecular formula is C13H26N4O. The maximum absolute atomic E-state index is 11.6. The second-order valence-corrected chi connectivity index (χ2v) is 5.87. The number of hydrogen-bond donors (Lipinski definition) is 2. The highest BCUT2D eigenvalue weighted by Crippen LogP contribution is 2.22. The van der Waals surface area contributed by atoms with Gasteiger partial charge >= 0.3 is 0 Å². The van der Waals surface area contributed by atoms with E-state index in [1.54, 1.807) is 0 Å². The van der Waals surface area contributed by atoms with Crippen LogP contribution in [0.25, 0.3) is 0 Å². The second-order valence-electron chi connectivity index (χ2n) is 5.87. The first kappa shape index (κ1) is 13.8. The summed E-state index contributed by atoms with van der Waals surface area (Å²) in [6, 6.07) is 0.682. The van der Waals surface area contributed by atoms with Crippen molar-refractivity contribution in [2.75, 3.05) is 39.8 Å². The van der Waals surface area contributed by atoms with Crippen molar-refractivity contribution in [2.45, 2.75) is 37.8 Å². The molecule has 1 amide bonds. The van der Waals surface area contributed by atoms with E-state index in [-0.39, 0.29) is 5.91 Å². The van der Waals surface area contributed by atoms with Crippen molar-refractivity contribution in [3.05, 3.63) is 0 Å². The fourth-order valence-corrected chi connectivity index (χ4v) is 3.15. The minimum Gasteiger partial charge on any atom is -0.368 e. The first-order valence-corrected chi connectivity index (χ1v) is 7.00. The van der Waals surface area contributed by atoms with Crippen molar-refractivity contribution in [1.82, 2.24) is 15.1 Å². The Labute approximate surface area is 110 Å². The minimum atomic E-state index is -0.617. The summed E-state index contributed by atoms with van der Waals surface area (Å²) in [5.74, 6) is -0.266. The van der Waals surface area contributed by atoms with Crippen LogP contribution in [0.4, 0.5) is 0 Å². The van der Waals surface area contributed by atoms with Gasteiger partial charge in [0.05, 0.1) is 0 Å². The zero-order valence-corrected chi connectivity index (χ0v) is 11.6. The monoisotopic (exact) mass is 254 g/mol. The fraction of sp³-hybridized carbons (Fsp3) is 0.923. The molecule has 0 bridgehead atoms. The third-order valence-electron chi connectivity index (χ3n) is 4.52. The zero-order chi connectivity index (χ0) is 13.2. The van der Waals surface area contributed by atoms with E-state index in [0.717, 1.165) is 13.1 Å². The van der Waals surface area contributed by atoms with Crippen molar-refractivity contribution in [2.24, 2.45) is 5.73 Å². The highest BCUT2D eigenvalue weighted by atomic mass is 16.1. The van der Waals surface area contributed by atoms with E-state index in [1.807, 2.05) is 14.0 Å². The fourth-order valence-electron chi connectivity index (χ4n) is 3.15. The van der Waals surface area contributed by atoms with Crippen LogP contribution in [-0.2, 0) is 4.79 Å². The van der Waals surface area contributed by atoms with Gasteiger partial charge in [-0.15, -0.1) is 0 Å². The Morgan fingerprint density at radius 3 is 2.78 bits per heavy atom. The predicted octanol–water partition coefficient (Wildman–Crippen LogP) is -0.380. The molecule has 0 spiro atoms. The van der Waals surface area contributed by atoms with Gasteiger partial charge in [-0.25, -0.2) is 0 Å². The number of primary amides is 1. The molecule has 2 saturated heterocycles. The van der Waals surface area contributed by atoms with Gasteiger partial charge < -0.3 is 11.1 Å². The minimum absolute atomic E-state index is 0.266. The topological polar surface area (TPSA) is 61.6 Å². The van der Waals surface area contributed by atoms with Crippen LogP contribution in [0, 0.1) is 0 Å². The van der Waals surface area contributed by atoms with Crippen LogP contribution in [0.5, 0.6) is 0 Å². The van der Waals surface area contributed by atoms with Gasteiger partial charge in [-0.1, -0.05) is 0 Å². The number of nitrogens with one attached hydrogen (secondary N) is 1. The third-order valence-corrected chi connectivity index (χ3v) is 4.52. The van der Waals surface area contributed by atoms with Crippen molar-refractivity contribution in [3.8, 4) is 0 Å². The smallest absolute Gasteiger partial charge is 0.238 e. The molecule has 2 rings (SSSR count). The molecule has 0 radical (unpaired) electrons. The Morgan fingerprint density at radius 1 is 1.39 bits per heavy atom. The van der Waals surface area contributed by atoms with Crippen LogP contribution in [-0.4, -0.2) is 67.1 Å². The number of nitrogens with two attached hydrogens (primary N) is 1. The van der Waals surface area contributed by atoms with Gasteiger partial charge in [0.25, 0.3) is 0 Å². The summed E-state index contributed by atoms with van der Waals surface area (Å²) in [6.07, 6.45) is 3.80. The van der Waals surface area contributed by atoms with Gasteiger partial charge in [-0.05, 0) is 52.9 Å². The van der Waals surface area contributed by atoms with Gasteiger partial charge in [-0.2, -0.15) is 0 Å². The molecule has 5 heteroatoms. The summed E-state index contributed by atoms with van der Waals surface area (Å²) in [4.78, 5) is 16.6. The van der Waals surface area contributed by atoms with E-state index in [1.165, 1.54) is 32.4 Å². The predicted molar refractivity (Wildman–Crippen MR) is 72.3 cm³/mol. The third kappa shape index (κ3) is 2.84. The van der Waals surface area contributed by atoms with Crippen molar-refractivity contribution in [3.63, 3.8) is 0 Å². The maximum atomic E-state index is 11.6. The summed E-state index contributed by atoms with van der Waals surface area (Å²) in [6.45, 7) is 7.20. The van der Waals surface area contributed by atoms with Gasteiger partial charge in [0.2, 0.25) is 5.91 Å². The molecule has 0 aromatic rings. The first-order chi connectivity index (χ1) is 8.55. The van der Waals surface area contributed by atoms with Gasteiger partial charge in [0.1, 0.15) is 5.54 Å². The van der Waals surface area contributed by atoms with E-state index in [0.29, 0.717) is 12.6 Å². The largest absolute Gasteiger partial charge is 0.368 e. The Balaban J connectivity index is 1.98. The molecule has 2 aliphatic heterocycles. The molecule has 2 unspecified atom stereocenters. The van der Waals surface area contributed by atoms with Crippen LogP contribution in [0.2, 0.25) is 0 Å². The van der Waals surface area contributed by atoms with Gasteiger partial charge in [-0.3, -0.25) is 14.6 Å². The highest BCUT2D eigenvalue weighted by Gasteiger charge is 2.35. The number of likely N-dealkylation sites (N-methyl/N-ethyl adjacent to an activating group) is 1. The standard InChI is InChI=1S/C13H26N4O/c1-13(15-2,12(14)18)10-16-6-4-8-17-7-3-5-11(17)9-16/h11,15H,3-10H2,1-2H3,(H2,14,18). The molecule has 5 nitrogen and oxygen atoms in total. The molecule has 2 heterocycles. The summed E-state index contributed by atoms with van der Waals surface area (Å²) in [5.41, 5.74) is 4.89. The quantitative estimate of drug-likeness (QED) is 0.718. The number of nitrogens with zero attached hydrogens (tertiary/aromatic N) is 2. The molecule has 2 atom stereocenters. The number of amides is 1. The molecule has 2 aliphatic rings. The van der Waals surface area contributed by atoms with E-state index in [2.05, 4.69) is 15.1 Å². The normalized spacial score (nSPS) is 29.6. The SMILES string of the molecule is CNC(C)(CN1CCCN2CCCC2C1)C(N)=O. The number of carbonyl (C=O) groups excluding carboxylic acids is 1. The lowest BCUT2D eigenvalue weighted by atomic mass is 10.0.